The summed E-state index contributed by atoms with van der Waals surface area (Å²) in [6.45, 7) is 3.31. The van der Waals surface area contributed by atoms with E-state index in [1.165, 1.54) is 0 Å². The van der Waals surface area contributed by atoms with E-state index in [-0.39, 0.29) is 23.8 Å². The maximum absolute atomic E-state index is 12.8. The van der Waals surface area contributed by atoms with Gasteiger partial charge in [-0.1, -0.05) is 6.42 Å². The fraction of sp³-hybridized carbons (Fsp3) is 0.520. The zero-order valence-electron chi connectivity index (χ0n) is 19.7. The molecule has 1 saturated heterocycles. The van der Waals surface area contributed by atoms with E-state index in [4.69, 9.17) is 10.7 Å². The highest BCUT2D eigenvalue weighted by atomic mass is 16.2. The molecule has 1 aliphatic heterocycles. The first-order chi connectivity index (χ1) is 16.5. The molecule has 9 heteroatoms. The number of primary amides is 1. The lowest BCUT2D eigenvalue weighted by molar-refractivity contribution is -0.121. The third kappa shape index (κ3) is 4.99. The van der Waals surface area contributed by atoms with E-state index in [1.807, 2.05) is 35.4 Å². The number of carbonyl (C=O) groups excluding carboxylic acids is 2. The first-order valence-electron chi connectivity index (χ1n) is 12.3. The van der Waals surface area contributed by atoms with Gasteiger partial charge in [0.05, 0.1) is 5.92 Å². The Kier molecular flexibility index (Phi) is 6.36. The van der Waals surface area contributed by atoms with Crippen molar-refractivity contribution < 1.29 is 9.59 Å². The third-order valence-electron chi connectivity index (χ3n) is 7.22. The van der Waals surface area contributed by atoms with Gasteiger partial charge in [-0.15, -0.1) is 0 Å². The van der Waals surface area contributed by atoms with Crippen molar-refractivity contribution in [3.05, 3.63) is 41.6 Å². The van der Waals surface area contributed by atoms with Crippen molar-refractivity contribution in [2.24, 2.45) is 11.7 Å². The molecule has 34 heavy (non-hydrogen) atoms. The maximum Gasteiger partial charge on any atom is 0.253 e. The number of nitrogens with two attached hydrogens (primary N) is 1. The summed E-state index contributed by atoms with van der Waals surface area (Å²) in [4.78, 5) is 38.1. The number of hydrogen-bond acceptors (Lipinski definition) is 7. The average molecular weight is 464 g/mol. The minimum atomic E-state index is -0.249. The van der Waals surface area contributed by atoms with Crippen molar-refractivity contribution >= 4 is 29.3 Å². The third-order valence-corrected chi connectivity index (χ3v) is 7.22. The molecule has 5 rings (SSSR count). The van der Waals surface area contributed by atoms with Gasteiger partial charge < -0.3 is 26.2 Å². The molecule has 180 valence electrons. The van der Waals surface area contributed by atoms with E-state index in [0.717, 1.165) is 75.4 Å². The second kappa shape index (κ2) is 9.58. The maximum atomic E-state index is 12.8. The van der Waals surface area contributed by atoms with Crippen molar-refractivity contribution in [1.29, 1.82) is 0 Å². The average Bonchev–Trinajstić information content (AvgIpc) is 3.57. The minimum Gasteiger partial charge on any atom is -0.369 e. The number of nitrogens with one attached hydrogen (secondary N) is 2. The summed E-state index contributed by atoms with van der Waals surface area (Å²) in [5, 5.41) is 6.76. The monoisotopic (exact) mass is 463 g/mol. The van der Waals surface area contributed by atoms with E-state index in [0.29, 0.717) is 17.4 Å². The molecular weight excluding hydrogens is 430 g/mol. The number of rotatable bonds is 7. The molecule has 2 amide bonds. The first kappa shape index (κ1) is 22.6. The van der Waals surface area contributed by atoms with Crippen molar-refractivity contribution in [3.63, 3.8) is 0 Å². The van der Waals surface area contributed by atoms with Gasteiger partial charge in [-0.05, 0) is 62.9 Å². The summed E-state index contributed by atoms with van der Waals surface area (Å²) in [5.41, 5.74) is 8.22. The standard InChI is InChI=1S/C25H33N7O2/c1-31-11-13-32(14-12-31)24(34)17-7-9-18(10-8-17)28-25-27-15-20(16-5-6-16)23(30-25)29-21-4-2-3-19(21)22(26)33/h7-10,15-16,19,21H,2-6,11-14H2,1H3,(H2,26,33)(H2,27,28,29,30)/t19-,21+/m0/s1. The highest BCUT2D eigenvalue weighted by Crippen LogP contribution is 2.43. The SMILES string of the molecule is CN1CCN(C(=O)c2ccc(Nc3ncc(C4CC4)c(N[C@@H]4CCC[C@@H]4C(N)=O)n3)cc2)CC1. The smallest absolute Gasteiger partial charge is 0.253 e. The van der Waals surface area contributed by atoms with Gasteiger partial charge in [0.2, 0.25) is 11.9 Å². The molecule has 2 aliphatic carbocycles. The van der Waals surface area contributed by atoms with Gasteiger partial charge >= 0.3 is 0 Å². The molecule has 0 bridgehead atoms. The van der Waals surface area contributed by atoms with Crippen LogP contribution in [0, 0.1) is 5.92 Å². The molecule has 1 aromatic heterocycles. The van der Waals surface area contributed by atoms with Gasteiger partial charge in [0.1, 0.15) is 5.82 Å². The molecule has 9 nitrogen and oxygen atoms in total. The van der Waals surface area contributed by atoms with Gasteiger partial charge in [0, 0.05) is 55.2 Å². The van der Waals surface area contributed by atoms with Crippen LogP contribution < -0.4 is 16.4 Å². The Morgan fingerprint density at radius 1 is 1.03 bits per heavy atom. The molecule has 1 aromatic carbocycles. The molecule has 2 aromatic rings. The molecule has 3 aliphatic rings. The number of piperazine rings is 1. The highest BCUT2D eigenvalue weighted by molar-refractivity contribution is 5.94. The Morgan fingerprint density at radius 2 is 1.76 bits per heavy atom. The predicted octanol–water partition coefficient (Wildman–Crippen LogP) is 2.55. The van der Waals surface area contributed by atoms with Crippen molar-refractivity contribution in [1.82, 2.24) is 19.8 Å². The Balaban J connectivity index is 1.28. The van der Waals surface area contributed by atoms with Crippen LogP contribution in [0.1, 0.15) is 53.9 Å². The summed E-state index contributed by atoms with van der Waals surface area (Å²) in [7, 11) is 2.08. The highest BCUT2D eigenvalue weighted by Gasteiger charge is 2.34. The number of nitrogens with zero attached hydrogens (tertiary/aromatic N) is 4. The summed E-state index contributed by atoms with van der Waals surface area (Å²) in [6.07, 6.45) is 6.87. The van der Waals surface area contributed by atoms with Crippen LogP contribution in [-0.4, -0.2) is 70.9 Å². The minimum absolute atomic E-state index is 0.0117. The second-order valence-electron chi connectivity index (χ2n) is 9.76. The Morgan fingerprint density at radius 3 is 2.44 bits per heavy atom. The summed E-state index contributed by atoms with van der Waals surface area (Å²) >= 11 is 0. The van der Waals surface area contributed by atoms with Crippen LogP contribution in [0.5, 0.6) is 0 Å². The second-order valence-corrected chi connectivity index (χ2v) is 9.76. The molecule has 0 unspecified atom stereocenters. The van der Waals surface area contributed by atoms with Crippen LogP contribution in [0.15, 0.2) is 30.5 Å². The molecule has 2 atom stereocenters. The zero-order valence-corrected chi connectivity index (χ0v) is 19.7. The largest absolute Gasteiger partial charge is 0.369 e. The number of anilines is 3. The molecule has 0 spiro atoms. The van der Waals surface area contributed by atoms with Crippen molar-refractivity contribution in [2.45, 2.75) is 44.1 Å². The van der Waals surface area contributed by atoms with E-state index in [1.54, 1.807) is 0 Å². The van der Waals surface area contributed by atoms with Gasteiger partial charge in [0.15, 0.2) is 0 Å². The molecule has 2 heterocycles. The van der Waals surface area contributed by atoms with Gasteiger partial charge in [0.25, 0.3) is 5.91 Å². The molecule has 4 N–H and O–H groups in total. The normalized spacial score (nSPS) is 23.0. The van der Waals surface area contributed by atoms with Crippen LogP contribution >= 0.6 is 0 Å². The van der Waals surface area contributed by atoms with Gasteiger partial charge in [-0.3, -0.25) is 9.59 Å². The topological polar surface area (TPSA) is 116 Å². The molecule has 3 fully saturated rings. The molecular formula is C25H33N7O2. The number of benzene rings is 1. The number of amides is 2. The van der Waals surface area contributed by atoms with Crippen molar-refractivity contribution in [2.75, 3.05) is 43.9 Å². The lowest BCUT2D eigenvalue weighted by atomic mass is 10.0. The summed E-state index contributed by atoms with van der Waals surface area (Å²) < 4.78 is 0. The van der Waals surface area contributed by atoms with E-state index in [9.17, 15) is 9.59 Å². The van der Waals surface area contributed by atoms with E-state index >= 15 is 0 Å². The lowest BCUT2D eigenvalue weighted by Gasteiger charge is -2.32. The predicted molar refractivity (Wildman–Crippen MR) is 131 cm³/mol. The number of aromatic nitrogens is 2. The Hall–Kier alpha value is -3.20. The number of hydrogen-bond donors (Lipinski definition) is 3. The van der Waals surface area contributed by atoms with Gasteiger partial charge in [-0.25, -0.2) is 4.98 Å². The summed E-state index contributed by atoms with van der Waals surface area (Å²) in [5.74, 6) is 1.41. The van der Waals surface area contributed by atoms with Crippen LogP contribution in [0.2, 0.25) is 0 Å². The summed E-state index contributed by atoms with van der Waals surface area (Å²) in [6, 6.07) is 7.47. The fourth-order valence-corrected chi connectivity index (χ4v) is 4.93. The van der Waals surface area contributed by atoms with Crippen LogP contribution in [0.4, 0.5) is 17.5 Å². The zero-order chi connectivity index (χ0) is 23.7. The van der Waals surface area contributed by atoms with Crippen LogP contribution in [0.3, 0.4) is 0 Å². The Labute approximate surface area is 200 Å². The quantitative estimate of drug-likeness (QED) is 0.578. The van der Waals surface area contributed by atoms with E-state index < -0.39 is 0 Å². The van der Waals surface area contributed by atoms with Crippen LogP contribution in [0.25, 0.3) is 0 Å². The number of likely N-dealkylation sites (N-methyl/N-ethyl adjacent to an activating group) is 1. The lowest BCUT2D eigenvalue weighted by Crippen LogP contribution is -2.47. The van der Waals surface area contributed by atoms with Gasteiger partial charge in [-0.2, -0.15) is 4.98 Å². The molecule has 2 saturated carbocycles. The Bertz CT molecular complexity index is 1050. The first-order valence-corrected chi connectivity index (χ1v) is 12.3. The molecule has 0 radical (unpaired) electrons. The fourth-order valence-electron chi connectivity index (χ4n) is 4.93. The van der Waals surface area contributed by atoms with Crippen molar-refractivity contribution in [3.8, 4) is 0 Å². The van der Waals surface area contributed by atoms with E-state index in [2.05, 4.69) is 27.6 Å². The number of carbonyl (C=O) groups is 2. The van der Waals surface area contributed by atoms with Crippen LogP contribution in [-0.2, 0) is 4.79 Å².